The second kappa shape index (κ2) is 8.07. The summed E-state index contributed by atoms with van der Waals surface area (Å²) in [4.78, 5) is 18.8. The molecule has 0 saturated carbocycles. The molecule has 0 radical (unpaired) electrons. The summed E-state index contributed by atoms with van der Waals surface area (Å²) in [6, 6.07) is 9.94. The third-order valence-electron chi connectivity index (χ3n) is 4.16. The van der Waals surface area contributed by atoms with Crippen molar-refractivity contribution in [3.05, 3.63) is 59.0 Å². The van der Waals surface area contributed by atoms with Crippen LogP contribution in [0.15, 0.2) is 36.4 Å². The first-order chi connectivity index (χ1) is 12.2. The minimum Gasteiger partial charge on any atom is -0.475 e. The predicted molar refractivity (Wildman–Crippen MR) is 90.8 cm³/mol. The van der Waals surface area contributed by atoms with Gasteiger partial charge in [0.05, 0.1) is 18.7 Å². The highest BCUT2D eigenvalue weighted by molar-refractivity contribution is 5.79. The minimum atomic E-state index is -0.320. The van der Waals surface area contributed by atoms with E-state index < -0.39 is 0 Å². The first-order valence-electron chi connectivity index (χ1n) is 8.28. The van der Waals surface area contributed by atoms with Gasteiger partial charge in [0.1, 0.15) is 12.4 Å². The lowest BCUT2D eigenvalue weighted by molar-refractivity contribution is -0.131. The maximum absolute atomic E-state index is 13.3. The number of benzene rings is 1. The lowest BCUT2D eigenvalue weighted by atomic mass is 10.0. The summed E-state index contributed by atoms with van der Waals surface area (Å²) in [5.74, 6) is 0.256. The molecule has 0 saturated heterocycles. The highest BCUT2D eigenvalue weighted by Crippen LogP contribution is 2.21. The van der Waals surface area contributed by atoms with Gasteiger partial charge in [0, 0.05) is 32.7 Å². The molecule has 132 valence electrons. The van der Waals surface area contributed by atoms with Crippen LogP contribution in [0.5, 0.6) is 5.88 Å². The fraction of sp³-hybridized carbons (Fsp3) is 0.368. The molecule has 25 heavy (non-hydrogen) atoms. The number of ether oxygens (including phenoxy) is 2. The average Bonchev–Trinajstić information content (AvgIpc) is 2.61. The average molecular weight is 344 g/mol. The zero-order valence-electron chi connectivity index (χ0n) is 14.2. The molecule has 2 heterocycles. The molecule has 0 N–H and O–H groups in total. The van der Waals surface area contributed by atoms with Gasteiger partial charge in [-0.1, -0.05) is 18.2 Å². The summed E-state index contributed by atoms with van der Waals surface area (Å²) in [5.41, 5.74) is 2.68. The Bertz CT molecular complexity index is 751. The number of aromatic nitrogens is 1. The number of halogens is 1. The molecule has 0 bridgehead atoms. The van der Waals surface area contributed by atoms with Crippen molar-refractivity contribution in [3.63, 3.8) is 0 Å². The van der Waals surface area contributed by atoms with Gasteiger partial charge in [-0.25, -0.2) is 9.37 Å². The number of nitrogens with zero attached hydrogens (tertiary/aromatic N) is 2. The van der Waals surface area contributed by atoms with Crippen LogP contribution in [-0.2, 0) is 28.9 Å². The van der Waals surface area contributed by atoms with Crippen molar-refractivity contribution >= 4 is 5.91 Å². The molecule has 1 aliphatic rings. The van der Waals surface area contributed by atoms with E-state index in [1.165, 1.54) is 12.1 Å². The molecular formula is C19H21FN2O3. The first-order valence-corrected chi connectivity index (χ1v) is 8.28. The van der Waals surface area contributed by atoms with Crippen molar-refractivity contribution in [1.29, 1.82) is 0 Å². The van der Waals surface area contributed by atoms with Crippen LogP contribution < -0.4 is 4.74 Å². The van der Waals surface area contributed by atoms with Crippen LogP contribution in [-0.4, -0.2) is 42.7 Å². The van der Waals surface area contributed by atoms with Crippen molar-refractivity contribution in [1.82, 2.24) is 9.88 Å². The van der Waals surface area contributed by atoms with Gasteiger partial charge in [0.2, 0.25) is 11.8 Å². The highest BCUT2D eigenvalue weighted by Gasteiger charge is 2.22. The van der Waals surface area contributed by atoms with Crippen LogP contribution in [0.25, 0.3) is 0 Å². The van der Waals surface area contributed by atoms with Gasteiger partial charge in [0.25, 0.3) is 0 Å². The van der Waals surface area contributed by atoms with Gasteiger partial charge in [-0.05, 0) is 23.3 Å². The molecular weight excluding hydrogens is 323 g/mol. The summed E-state index contributed by atoms with van der Waals surface area (Å²) in [6.07, 6.45) is 0.893. The Morgan fingerprint density at radius 3 is 2.96 bits per heavy atom. The Balaban J connectivity index is 1.61. The molecule has 3 rings (SSSR count). The molecule has 1 aromatic heterocycles. The van der Waals surface area contributed by atoms with E-state index in [1.807, 2.05) is 12.1 Å². The SMILES string of the molecule is COCCOc1ccc2c(n1)CCN(C(=O)Cc1cccc(F)c1)C2. The van der Waals surface area contributed by atoms with Crippen LogP contribution in [0.2, 0.25) is 0 Å². The minimum absolute atomic E-state index is 0.00308. The summed E-state index contributed by atoms with van der Waals surface area (Å²) in [7, 11) is 1.62. The van der Waals surface area contributed by atoms with E-state index >= 15 is 0 Å². The van der Waals surface area contributed by atoms with E-state index in [0.29, 0.717) is 44.2 Å². The summed E-state index contributed by atoms with van der Waals surface area (Å²) >= 11 is 0. The maximum Gasteiger partial charge on any atom is 0.227 e. The summed E-state index contributed by atoms with van der Waals surface area (Å²) in [5, 5.41) is 0. The zero-order chi connectivity index (χ0) is 17.6. The number of amides is 1. The number of methoxy groups -OCH3 is 1. The van der Waals surface area contributed by atoms with Crippen LogP contribution in [0.3, 0.4) is 0 Å². The van der Waals surface area contributed by atoms with Crippen molar-refractivity contribution in [2.45, 2.75) is 19.4 Å². The Morgan fingerprint density at radius 2 is 2.16 bits per heavy atom. The zero-order valence-corrected chi connectivity index (χ0v) is 14.2. The number of pyridine rings is 1. The Labute approximate surface area is 146 Å². The van der Waals surface area contributed by atoms with Crippen molar-refractivity contribution in [3.8, 4) is 5.88 Å². The summed E-state index contributed by atoms with van der Waals surface area (Å²) in [6.45, 7) is 2.10. The smallest absolute Gasteiger partial charge is 0.227 e. The fourth-order valence-electron chi connectivity index (χ4n) is 2.85. The highest BCUT2D eigenvalue weighted by atomic mass is 19.1. The van der Waals surface area contributed by atoms with E-state index in [-0.39, 0.29) is 18.1 Å². The van der Waals surface area contributed by atoms with Crippen LogP contribution in [0.4, 0.5) is 4.39 Å². The number of hydrogen-bond acceptors (Lipinski definition) is 4. The normalized spacial score (nSPS) is 13.4. The molecule has 2 aromatic rings. The van der Waals surface area contributed by atoms with Crippen LogP contribution in [0.1, 0.15) is 16.8 Å². The predicted octanol–water partition coefficient (Wildman–Crippen LogP) is 2.37. The van der Waals surface area contributed by atoms with Gasteiger partial charge >= 0.3 is 0 Å². The Hall–Kier alpha value is -2.47. The molecule has 0 unspecified atom stereocenters. The van der Waals surface area contributed by atoms with E-state index in [9.17, 15) is 9.18 Å². The second-order valence-corrected chi connectivity index (χ2v) is 5.97. The molecule has 1 aliphatic heterocycles. The third-order valence-corrected chi connectivity index (χ3v) is 4.16. The number of fused-ring (bicyclic) bond motifs is 1. The van der Waals surface area contributed by atoms with E-state index in [1.54, 1.807) is 24.1 Å². The fourth-order valence-corrected chi connectivity index (χ4v) is 2.85. The lowest BCUT2D eigenvalue weighted by Gasteiger charge is -2.28. The number of carbonyl (C=O) groups excluding carboxylic acids is 1. The molecule has 0 spiro atoms. The maximum atomic E-state index is 13.3. The molecule has 0 atom stereocenters. The van der Waals surface area contributed by atoms with Gasteiger partial charge in [-0.15, -0.1) is 0 Å². The molecule has 5 nitrogen and oxygen atoms in total. The van der Waals surface area contributed by atoms with Gasteiger partial charge < -0.3 is 14.4 Å². The largest absolute Gasteiger partial charge is 0.475 e. The van der Waals surface area contributed by atoms with Gasteiger partial charge in [0.15, 0.2) is 0 Å². The van der Waals surface area contributed by atoms with Crippen LogP contribution >= 0.6 is 0 Å². The monoisotopic (exact) mass is 344 g/mol. The van der Waals surface area contributed by atoms with Gasteiger partial charge in [-0.2, -0.15) is 0 Å². The van der Waals surface area contributed by atoms with Crippen molar-refractivity contribution < 1.29 is 18.7 Å². The van der Waals surface area contributed by atoms with E-state index in [4.69, 9.17) is 9.47 Å². The molecule has 0 aliphatic carbocycles. The molecule has 1 aromatic carbocycles. The number of hydrogen-bond donors (Lipinski definition) is 0. The number of rotatable bonds is 6. The Kier molecular flexibility index (Phi) is 5.60. The summed E-state index contributed by atoms with van der Waals surface area (Å²) < 4.78 is 23.7. The molecule has 6 heteroatoms. The lowest BCUT2D eigenvalue weighted by Crippen LogP contribution is -2.37. The first kappa shape index (κ1) is 17.4. The second-order valence-electron chi connectivity index (χ2n) is 5.97. The Morgan fingerprint density at radius 1 is 1.28 bits per heavy atom. The van der Waals surface area contributed by atoms with E-state index in [2.05, 4.69) is 4.98 Å². The third kappa shape index (κ3) is 4.54. The van der Waals surface area contributed by atoms with Crippen molar-refractivity contribution in [2.75, 3.05) is 26.9 Å². The quantitative estimate of drug-likeness (QED) is 0.755. The van der Waals surface area contributed by atoms with Crippen molar-refractivity contribution in [2.24, 2.45) is 0 Å². The van der Waals surface area contributed by atoms with Crippen LogP contribution in [0, 0.1) is 5.82 Å². The number of carbonyl (C=O) groups is 1. The topological polar surface area (TPSA) is 51.7 Å². The van der Waals surface area contributed by atoms with Gasteiger partial charge in [-0.3, -0.25) is 4.79 Å². The molecule has 1 amide bonds. The van der Waals surface area contributed by atoms with E-state index in [0.717, 1.165) is 11.3 Å². The standard InChI is InChI=1S/C19H21FN2O3/c1-24-9-10-25-18-6-5-15-13-22(8-7-17(15)21-18)19(23)12-14-3-2-4-16(20)11-14/h2-6,11H,7-10,12-13H2,1H3. The molecule has 0 fully saturated rings.